The van der Waals surface area contributed by atoms with Crippen molar-refractivity contribution < 1.29 is 48.6 Å². The van der Waals surface area contributed by atoms with Crippen molar-refractivity contribution in [3.8, 4) is 5.75 Å². The molecule has 3 aliphatic heterocycles. The Balaban J connectivity index is 1.21. The summed E-state index contributed by atoms with van der Waals surface area (Å²) in [7, 11) is 0. The monoisotopic (exact) mass is 777 g/mol. The van der Waals surface area contributed by atoms with Crippen LogP contribution < -0.4 is 10.7 Å². The molecule has 17 nitrogen and oxygen atoms in total. The highest BCUT2D eigenvalue weighted by Crippen LogP contribution is 2.52. The molecule has 5 rings (SSSR count). The van der Waals surface area contributed by atoms with Crippen LogP contribution in [0.2, 0.25) is 5.02 Å². The maximum absolute atomic E-state index is 13.6. The molecule has 0 unspecified atom stereocenters. The second-order valence-electron chi connectivity index (χ2n) is 12.8. The van der Waals surface area contributed by atoms with Crippen molar-refractivity contribution in [2.45, 2.75) is 63.3 Å². The summed E-state index contributed by atoms with van der Waals surface area (Å²) in [6, 6.07) is 1.86. The number of oxime groups is 1. The SMILES string of the molecule is CC(=O)C(C)(C)O/N=C(\C(=O)C[C@@H]1C(=O)N2C[C@@](C(=O)O)(N3CCN(NC(=O)CCNC(=O)c4ccc(O)c(C)c4Cl)C3=O)S[C@H]12)c1csc(C)n1. The number of thioether (sulfide) groups is 1. The molecule has 0 radical (unpaired) electrons. The number of benzene rings is 1. The van der Waals surface area contributed by atoms with Crippen molar-refractivity contribution >= 4 is 81.7 Å². The van der Waals surface area contributed by atoms with Gasteiger partial charge in [0.15, 0.2) is 22.9 Å². The van der Waals surface area contributed by atoms with Crippen molar-refractivity contribution in [1.29, 1.82) is 0 Å². The topological polar surface area (TPSA) is 228 Å². The lowest BCUT2D eigenvalue weighted by Gasteiger charge is -2.40. The fourth-order valence-electron chi connectivity index (χ4n) is 5.60. The average Bonchev–Trinajstić information content (AvgIpc) is 3.78. The minimum Gasteiger partial charge on any atom is -0.508 e. The van der Waals surface area contributed by atoms with Crippen LogP contribution in [0.25, 0.3) is 0 Å². The number of amides is 5. The quantitative estimate of drug-likeness (QED) is 0.123. The number of aromatic nitrogens is 1. The zero-order chi connectivity index (χ0) is 38.3. The van der Waals surface area contributed by atoms with Gasteiger partial charge < -0.3 is 25.3 Å². The Morgan fingerprint density at radius 1 is 1.17 bits per heavy atom. The number of hydrogen-bond donors (Lipinski definition) is 4. The summed E-state index contributed by atoms with van der Waals surface area (Å²) < 4.78 is 0. The highest BCUT2D eigenvalue weighted by Gasteiger charge is 2.66. The lowest BCUT2D eigenvalue weighted by Crippen LogP contribution is -2.60. The highest BCUT2D eigenvalue weighted by atomic mass is 35.5. The van der Waals surface area contributed by atoms with E-state index in [9.17, 15) is 43.8 Å². The van der Waals surface area contributed by atoms with Crippen LogP contribution in [0.15, 0.2) is 22.7 Å². The van der Waals surface area contributed by atoms with Gasteiger partial charge in [-0.3, -0.25) is 34.3 Å². The standard InChI is InChI=1S/C32H36ClN7O10S2/c1-15-21(42)7-6-18(24(15)33)26(45)34-9-8-23(44)36-40-11-10-39(30(40)49)32(29(47)48)14-38-27(46)19(28(38)52-32)12-22(43)25(20-13-51-17(3)35-20)37-50-31(4,5)16(2)41/h6-7,13,19,28,42H,8-12,14H2,1-5H3,(H,34,45)(H,36,44)(H,47,48)/b37-25-/t19-,28-,32-/m1/s1. The number of urea groups is 1. The predicted molar refractivity (Wildman–Crippen MR) is 188 cm³/mol. The van der Waals surface area contributed by atoms with Crippen LogP contribution in [0.3, 0.4) is 0 Å². The van der Waals surface area contributed by atoms with Gasteiger partial charge in [-0.05, 0) is 46.8 Å². The number of hydrogen-bond acceptors (Lipinski definition) is 13. The lowest BCUT2D eigenvalue weighted by molar-refractivity contribution is -0.154. The number of halogens is 1. The Bertz CT molecular complexity index is 1900. The van der Waals surface area contributed by atoms with Crippen LogP contribution in [0, 0.1) is 19.8 Å². The van der Waals surface area contributed by atoms with Gasteiger partial charge in [-0.15, -0.1) is 11.3 Å². The summed E-state index contributed by atoms with van der Waals surface area (Å²) >= 11 is 8.27. The van der Waals surface area contributed by atoms with Gasteiger partial charge in [-0.25, -0.2) is 19.6 Å². The summed E-state index contributed by atoms with van der Waals surface area (Å²) in [5.41, 5.74) is 1.55. The van der Waals surface area contributed by atoms with Gasteiger partial charge in [0.1, 0.15) is 11.4 Å². The lowest BCUT2D eigenvalue weighted by atomic mass is 9.90. The van der Waals surface area contributed by atoms with Crippen molar-refractivity contribution in [1.82, 2.24) is 30.5 Å². The van der Waals surface area contributed by atoms with E-state index in [0.29, 0.717) is 10.6 Å². The number of nitrogens with one attached hydrogen (secondary N) is 2. The third kappa shape index (κ3) is 7.29. The van der Waals surface area contributed by atoms with Crippen LogP contribution in [-0.2, 0) is 28.8 Å². The van der Waals surface area contributed by atoms with Gasteiger partial charge in [-0.1, -0.05) is 28.5 Å². The molecular weight excluding hydrogens is 742 g/mol. The number of carbonyl (C=O) groups excluding carboxylic acids is 6. The molecule has 0 saturated carbocycles. The zero-order valence-electron chi connectivity index (χ0n) is 28.7. The van der Waals surface area contributed by atoms with E-state index in [0.717, 1.165) is 21.7 Å². The summed E-state index contributed by atoms with van der Waals surface area (Å²) in [4.78, 5) is 101. The number of ketones is 2. The van der Waals surface area contributed by atoms with E-state index in [1.807, 2.05) is 0 Å². The number of aryl methyl sites for hydroxylation is 1. The molecule has 52 heavy (non-hydrogen) atoms. The molecule has 0 spiro atoms. The van der Waals surface area contributed by atoms with E-state index in [1.165, 1.54) is 49.1 Å². The minimum absolute atomic E-state index is 0.0566. The third-order valence-corrected chi connectivity index (χ3v) is 12.0. The zero-order valence-corrected chi connectivity index (χ0v) is 31.1. The number of nitrogens with zero attached hydrogens (tertiary/aromatic N) is 5. The van der Waals surface area contributed by atoms with Gasteiger partial charge in [0.25, 0.3) is 5.91 Å². The Morgan fingerprint density at radius 3 is 2.52 bits per heavy atom. The fourth-order valence-corrected chi connectivity index (χ4v) is 8.13. The number of aromatic hydroxyl groups is 1. The molecule has 3 saturated heterocycles. The Morgan fingerprint density at radius 2 is 1.88 bits per heavy atom. The Kier molecular flexibility index (Phi) is 10.9. The van der Waals surface area contributed by atoms with Crippen molar-refractivity contribution in [3.63, 3.8) is 0 Å². The van der Waals surface area contributed by atoms with Crippen LogP contribution in [0.4, 0.5) is 4.79 Å². The number of carbonyl (C=O) groups is 7. The maximum Gasteiger partial charge on any atom is 0.342 e. The van der Waals surface area contributed by atoms with Crippen LogP contribution in [0.5, 0.6) is 5.75 Å². The number of carboxylic acids is 1. The Hall–Kier alpha value is -4.75. The molecule has 278 valence electrons. The number of phenols is 1. The highest BCUT2D eigenvalue weighted by molar-refractivity contribution is 8.02. The number of β-lactam (4-membered cyclic amide) rings is 1. The molecule has 0 aliphatic carbocycles. The van der Waals surface area contributed by atoms with Crippen LogP contribution in [0.1, 0.15) is 60.2 Å². The summed E-state index contributed by atoms with van der Waals surface area (Å²) in [5, 5.41) is 29.2. The molecule has 3 aliphatic rings. The molecule has 1 aromatic heterocycles. The second-order valence-corrected chi connectivity index (χ2v) is 15.7. The van der Waals surface area contributed by atoms with E-state index in [2.05, 4.69) is 20.9 Å². The Labute approximate surface area is 310 Å². The summed E-state index contributed by atoms with van der Waals surface area (Å²) in [6.07, 6.45) is -0.584. The van der Waals surface area contributed by atoms with Crippen molar-refractivity contribution in [2.24, 2.45) is 11.1 Å². The number of carboxylic acid groups (broad SMARTS) is 1. The number of thiazole rings is 1. The third-order valence-electron chi connectivity index (χ3n) is 8.98. The fraction of sp³-hybridized carbons (Fsp3) is 0.469. The second kappa shape index (κ2) is 14.7. The van der Waals surface area contributed by atoms with Crippen molar-refractivity contribution in [2.75, 3.05) is 26.2 Å². The summed E-state index contributed by atoms with van der Waals surface area (Å²) in [5.74, 6) is -5.00. The smallest absolute Gasteiger partial charge is 0.342 e. The number of rotatable bonds is 14. The summed E-state index contributed by atoms with van der Waals surface area (Å²) in [6.45, 7) is 6.97. The first-order valence-corrected chi connectivity index (χ1v) is 18.1. The van der Waals surface area contributed by atoms with Crippen LogP contribution >= 0.6 is 34.7 Å². The van der Waals surface area contributed by atoms with E-state index in [4.69, 9.17) is 16.4 Å². The number of fused-ring (bicyclic) bond motifs is 1. The molecule has 20 heteroatoms. The number of Topliss-reactive ketones (excluding diaryl/α,β-unsaturated/α-hetero) is 2. The minimum atomic E-state index is -1.90. The average molecular weight is 778 g/mol. The molecule has 4 heterocycles. The number of phenolic OH excluding ortho intramolecular Hbond substituents is 1. The van der Waals surface area contributed by atoms with Gasteiger partial charge >= 0.3 is 12.0 Å². The van der Waals surface area contributed by atoms with Crippen molar-refractivity contribution in [3.05, 3.63) is 44.4 Å². The largest absolute Gasteiger partial charge is 0.508 e. The molecule has 5 amide bonds. The van der Waals surface area contributed by atoms with Crippen LogP contribution in [-0.4, -0.2) is 119 Å². The van der Waals surface area contributed by atoms with Gasteiger partial charge in [0, 0.05) is 36.9 Å². The first kappa shape index (κ1) is 38.5. The maximum atomic E-state index is 13.6. The molecule has 4 N–H and O–H groups in total. The van der Waals surface area contributed by atoms with E-state index in [1.54, 1.807) is 19.2 Å². The normalized spacial score (nSPS) is 21.5. The molecular formula is C32H36ClN7O10S2. The molecule has 3 atom stereocenters. The molecule has 1 aromatic carbocycles. The van der Waals surface area contributed by atoms with E-state index in [-0.39, 0.29) is 72.5 Å². The van der Waals surface area contributed by atoms with E-state index < -0.39 is 57.3 Å². The molecule has 2 aromatic rings. The number of aliphatic carboxylic acids is 1. The molecule has 0 bridgehead atoms. The first-order chi connectivity index (χ1) is 24.4. The van der Waals surface area contributed by atoms with Gasteiger partial charge in [0.05, 0.1) is 40.0 Å². The van der Waals surface area contributed by atoms with Gasteiger partial charge in [-0.2, -0.15) is 0 Å². The molecule has 3 fully saturated rings. The van der Waals surface area contributed by atoms with Gasteiger partial charge in [0.2, 0.25) is 16.7 Å². The predicted octanol–water partition coefficient (Wildman–Crippen LogP) is 2.07. The van der Waals surface area contributed by atoms with E-state index >= 15 is 0 Å². The number of hydrazine groups is 1. The first-order valence-electron chi connectivity index (χ1n) is 16.0.